The Morgan fingerprint density at radius 1 is 1.29 bits per heavy atom. The van der Waals surface area contributed by atoms with E-state index in [1.54, 1.807) is 0 Å². The Hall–Kier alpha value is -0.250. The second-order valence-electron chi connectivity index (χ2n) is 6.73. The molecule has 1 aromatic rings. The highest BCUT2D eigenvalue weighted by Crippen LogP contribution is 2.57. The summed E-state index contributed by atoms with van der Waals surface area (Å²) in [7, 11) is 0. The molecule has 0 aromatic heterocycles. The lowest BCUT2D eigenvalue weighted by Crippen LogP contribution is -2.32. The minimum Gasteiger partial charge on any atom is -0.393 e. The van der Waals surface area contributed by atoms with E-state index in [9.17, 15) is 5.11 Å². The number of hydrogen-bond acceptors (Lipinski definition) is 1. The lowest BCUT2D eigenvalue weighted by Gasteiger charge is -2.40. The molecule has 1 N–H and O–H groups in total. The van der Waals surface area contributed by atoms with Gasteiger partial charge in [0.25, 0.3) is 0 Å². The van der Waals surface area contributed by atoms with E-state index in [1.165, 1.54) is 11.1 Å². The molecule has 0 aliphatic heterocycles. The van der Waals surface area contributed by atoms with Gasteiger partial charge in [-0.05, 0) is 41.7 Å². The second-order valence-corrected chi connectivity index (χ2v) is 9.71. The van der Waals surface area contributed by atoms with E-state index in [2.05, 4.69) is 75.2 Å². The third-order valence-corrected chi connectivity index (χ3v) is 5.93. The zero-order chi connectivity index (χ0) is 15.0. The fourth-order valence-corrected chi connectivity index (χ4v) is 5.03. The average Bonchev–Trinajstić information content (AvgIpc) is 2.74. The molecule has 0 bridgehead atoms. The van der Waals surface area contributed by atoms with Crippen molar-refractivity contribution in [1.29, 1.82) is 0 Å². The number of halogens is 2. The second kappa shape index (κ2) is 6.10. The monoisotopic (exact) mass is 411 g/mol. The third-order valence-electron chi connectivity index (χ3n) is 5.28. The maximum absolute atomic E-state index is 10.2. The van der Waals surface area contributed by atoms with Gasteiger partial charge in [-0.15, -0.1) is 0 Å². The Kier molecular flexibility index (Phi) is 4.54. The van der Waals surface area contributed by atoms with Crippen LogP contribution in [0.3, 0.4) is 0 Å². The van der Waals surface area contributed by atoms with Crippen molar-refractivity contribution in [3.8, 4) is 0 Å². The van der Waals surface area contributed by atoms with Gasteiger partial charge in [-0.3, -0.25) is 0 Å². The average molecular weight is 413 g/mol. The summed E-state index contributed by atoms with van der Waals surface area (Å²) in [5, 5.41) is 10.2. The first kappa shape index (κ1) is 15.6. The summed E-state index contributed by atoms with van der Waals surface area (Å²) < 4.78 is 1.12. The van der Waals surface area contributed by atoms with Crippen molar-refractivity contribution >= 4 is 37.4 Å². The van der Waals surface area contributed by atoms with Crippen LogP contribution in [0.25, 0.3) is 5.57 Å². The van der Waals surface area contributed by atoms with E-state index in [0.717, 1.165) is 29.4 Å². The number of fused-ring (bicyclic) bond motifs is 1. The van der Waals surface area contributed by atoms with Crippen LogP contribution < -0.4 is 0 Å². The van der Waals surface area contributed by atoms with Crippen LogP contribution in [-0.4, -0.2) is 11.2 Å². The molecule has 0 saturated heterocycles. The van der Waals surface area contributed by atoms with Gasteiger partial charge in [0, 0.05) is 5.92 Å². The van der Waals surface area contributed by atoms with Gasteiger partial charge >= 0.3 is 0 Å². The zero-order valence-electron chi connectivity index (χ0n) is 12.2. The minimum atomic E-state index is -0.139. The number of aliphatic hydroxyl groups excluding tert-OH is 1. The van der Waals surface area contributed by atoms with Crippen molar-refractivity contribution in [2.24, 2.45) is 17.3 Å². The normalized spacial score (nSPS) is 35.2. The Balaban J connectivity index is 1.97. The summed E-state index contributed by atoms with van der Waals surface area (Å²) in [6.07, 6.45) is 6.20. The van der Waals surface area contributed by atoms with Gasteiger partial charge < -0.3 is 5.11 Å². The largest absolute Gasteiger partial charge is 0.393 e. The molecule has 21 heavy (non-hydrogen) atoms. The summed E-state index contributed by atoms with van der Waals surface area (Å²) in [6.45, 7) is 2.35. The fraction of sp³-hybridized carbons (Fsp3) is 0.500. The van der Waals surface area contributed by atoms with Gasteiger partial charge in [-0.1, -0.05) is 43.3 Å². The number of aliphatic hydroxyl groups is 1. The van der Waals surface area contributed by atoms with E-state index in [0.29, 0.717) is 11.8 Å². The lowest BCUT2D eigenvalue weighted by molar-refractivity contribution is 0.159. The van der Waals surface area contributed by atoms with E-state index in [4.69, 9.17) is 0 Å². The first-order valence-corrected chi connectivity index (χ1v) is 9.18. The summed E-state index contributed by atoms with van der Waals surface area (Å²) in [6, 6.07) is 10.7. The molecule has 0 radical (unpaired) electrons. The van der Waals surface area contributed by atoms with Gasteiger partial charge in [0.2, 0.25) is 35.6 Å². The number of hydrogen-bond donors (Lipinski definition) is 1. The van der Waals surface area contributed by atoms with Crippen LogP contribution >= 0.6 is 31.9 Å². The molecule has 1 saturated carbocycles. The Labute approximate surface area is 144 Å². The van der Waals surface area contributed by atoms with Gasteiger partial charge in [0.05, 0.1) is 6.10 Å². The Bertz CT molecular complexity index is 525. The highest BCUT2D eigenvalue weighted by molar-refractivity contribution is 9.27. The van der Waals surface area contributed by atoms with Crippen LogP contribution in [0.4, 0.5) is 0 Å². The topological polar surface area (TPSA) is 20.2 Å². The molecule has 0 amide bonds. The van der Waals surface area contributed by atoms with E-state index in [-0.39, 0.29) is 11.5 Å². The highest BCUT2D eigenvalue weighted by Gasteiger charge is 2.51. The zero-order valence-corrected chi connectivity index (χ0v) is 15.4. The van der Waals surface area contributed by atoms with Crippen molar-refractivity contribution < 1.29 is 5.11 Å². The molecule has 1 unspecified atom stereocenters. The van der Waals surface area contributed by atoms with Crippen LogP contribution in [0.15, 0.2) is 36.4 Å². The molecule has 0 spiro atoms. The number of allylic oxidation sites excluding steroid dienone is 2. The predicted molar refractivity (Wildman–Crippen MR) is 95.1 cm³/mol. The maximum atomic E-state index is 10.2. The van der Waals surface area contributed by atoms with Gasteiger partial charge in [-0.2, -0.15) is 0 Å². The van der Waals surface area contributed by atoms with Gasteiger partial charge in [0.15, 0.2) is 0 Å². The first-order valence-electron chi connectivity index (χ1n) is 7.60. The van der Waals surface area contributed by atoms with Crippen LogP contribution in [0.5, 0.6) is 0 Å². The molecule has 2 aliphatic carbocycles. The van der Waals surface area contributed by atoms with Gasteiger partial charge in [0.1, 0.15) is 6.42 Å². The number of benzene rings is 1. The quantitative estimate of drug-likeness (QED) is 0.646. The van der Waals surface area contributed by atoms with Crippen molar-refractivity contribution in [3.05, 3.63) is 45.7 Å². The van der Waals surface area contributed by atoms with Crippen molar-refractivity contribution in [2.45, 2.75) is 38.7 Å². The summed E-state index contributed by atoms with van der Waals surface area (Å²) in [5.74, 6) is 1.02. The Morgan fingerprint density at radius 2 is 2.00 bits per heavy atom. The first-order chi connectivity index (χ1) is 9.99. The van der Waals surface area contributed by atoms with Crippen LogP contribution in [0, 0.1) is 21.0 Å². The minimum absolute atomic E-state index is 0.139. The molecular weight excluding hydrogens is 392 g/mol. The van der Waals surface area contributed by atoms with Crippen LogP contribution in [0.2, 0.25) is 0 Å². The molecule has 1 aromatic carbocycles. The fourth-order valence-electron chi connectivity index (χ4n) is 4.33. The van der Waals surface area contributed by atoms with E-state index in [1.807, 2.05) is 0 Å². The molecule has 3 rings (SSSR count). The van der Waals surface area contributed by atoms with Crippen molar-refractivity contribution in [3.63, 3.8) is 0 Å². The standard InChI is InChI=1S/C18H21Br2O/c1-18-8-7-14(12-5-3-2-4-6-12)15(10-17(19)20)16(18)9-13(21)11-18/h2-7,13,15-16,21H,8-11H2,1H3/q+1/t13-,15?,16+,18-/m1/s1. The predicted octanol–water partition coefficient (Wildman–Crippen LogP) is 5.54. The molecule has 2 aliphatic rings. The van der Waals surface area contributed by atoms with Gasteiger partial charge in [-0.25, -0.2) is 0 Å². The van der Waals surface area contributed by atoms with E-state index < -0.39 is 0 Å². The number of rotatable bonds is 3. The Morgan fingerprint density at radius 3 is 2.67 bits per heavy atom. The maximum Gasteiger partial charge on any atom is 0.240 e. The molecule has 4 atom stereocenters. The molecule has 112 valence electrons. The molecular formula is C18H21Br2O+. The SMILES string of the molecule is C[C@]12CC=C(c3ccccc3)C(C[C+](Br)Br)[C@@H]1C[C@@H](O)C2. The summed E-state index contributed by atoms with van der Waals surface area (Å²) in [4.78, 5) is 0. The lowest BCUT2D eigenvalue weighted by atomic mass is 9.63. The van der Waals surface area contributed by atoms with Crippen molar-refractivity contribution in [1.82, 2.24) is 0 Å². The van der Waals surface area contributed by atoms with E-state index >= 15 is 0 Å². The smallest absolute Gasteiger partial charge is 0.240 e. The molecule has 1 nitrogen and oxygen atoms in total. The highest BCUT2D eigenvalue weighted by atomic mass is 79.9. The molecule has 3 heteroatoms. The summed E-state index contributed by atoms with van der Waals surface area (Å²) in [5.41, 5.74) is 3.02. The molecule has 0 heterocycles. The van der Waals surface area contributed by atoms with Crippen LogP contribution in [-0.2, 0) is 0 Å². The molecule has 1 fully saturated rings. The third kappa shape index (κ3) is 3.11. The summed E-state index contributed by atoms with van der Waals surface area (Å²) >= 11 is 7.17. The van der Waals surface area contributed by atoms with Crippen LogP contribution in [0.1, 0.15) is 38.2 Å². The van der Waals surface area contributed by atoms with Crippen molar-refractivity contribution in [2.75, 3.05) is 0 Å².